The predicted molar refractivity (Wildman–Crippen MR) is 69.4 cm³/mol. The number of aryl methyl sites for hydroxylation is 1. The van der Waals surface area contributed by atoms with E-state index in [1.165, 1.54) is 16.4 Å². The van der Waals surface area contributed by atoms with Crippen LogP contribution in [0.4, 0.5) is 0 Å². The Labute approximate surface area is 100.0 Å². The van der Waals surface area contributed by atoms with Gasteiger partial charge in [-0.15, -0.1) is 0 Å². The number of ether oxygens (including phenoxy) is 1. The summed E-state index contributed by atoms with van der Waals surface area (Å²) in [6.07, 6.45) is 3.49. The van der Waals surface area contributed by atoms with E-state index in [0.29, 0.717) is 0 Å². The molecule has 0 unspecified atom stereocenters. The molecule has 0 spiro atoms. The second kappa shape index (κ2) is 7.10. The molecule has 0 heterocycles. The summed E-state index contributed by atoms with van der Waals surface area (Å²) in [7, 11) is 0. The molecule has 78 valence electrons. The number of hydrogen-bond donors (Lipinski definition) is 0. The minimum absolute atomic E-state index is 0.842. The molecule has 1 nitrogen and oxygen atoms in total. The van der Waals surface area contributed by atoms with Crippen molar-refractivity contribution < 1.29 is 4.74 Å². The van der Waals surface area contributed by atoms with Gasteiger partial charge in [0, 0.05) is 0 Å². The van der Waals surface area contributed by atoms with Crippen LogP contribution in [0, 0.1) is 0 Å². The van der Waals surface area contributed by atoms with Crippen molar-refractivity contribution in [3.05, 3.63) is 29.8 Å². The highest BCUT2D eigenvalue weighted by atomic mass is 127. The van der Waals surface area contributed by atoms with Crippen LogP contribution in [0.15, 0.2) is 24.3 Å². The van der Waals surface area contributed by atoms with Gasteiger partial charge < -0.3 is 4.74 Å². The van der Waals surface area contributed by atoms with Crippen molar-refractivity contribution in [2.45, 2.75) is 26.2 Å². The molecule has 0 saturated carbocycles. The smallest absolute Gasteiger partial charge is 0.119 e. The number of alkyl halides is 1. The maximum Gasteiger partial charge on any atom is 0.119 e. The van der Waals surface area contributed by atoms with Crippen LogP contribution < -0.4 is 4.74 Å². The number of halogens is 1. The van der Waals surface area contributed by atoms with Crippen molar-refractivity contribution in [1.82, 2.24) is 0 Å². The molecule has 0 fully saturated rings. The van der Waals surface area contributed by atoms with Crippen LogP contribution in [0.2, 0.25) is 0 Å². The molecule has 1 aromatic rings. The second-order valence-corrected chi connectivity index (χ2v) is 4.32. The Hall–Kier alpha value is -0.250. The minimum Gasteiger partial charge on any atom is -0.494 e. The maximum atomic E-state index is 5.60. The summed E-state index contributed by atoms with van der Waals surface area (Å²) in [5, 5.41) is 0. The average Bonchev–Trinajstić information content (AvgIpc) is 2.25. The van der Waals surface area contributed by atoms with Crippen LogP contribution in [0.25, 0.3) is 0 Å². The molecule has 0 aliphatic carbocycles. The molecular weight excluding hydrogens is 287 g/mol. The molecule has 0 amide bonds. The fourth-order valence-electron chi connectivity index (χ4n) is 1.21. The Morgan fingerprint density at radius 2 is 1.86 bits per heavy atom. The van der Waals surface area contributed by atoms with Gasteiger partial charge in [-0.05, 0) is 41.4 Å². The molecule has 2 heteroatoms. The molecule has 0 aliphatic rings. The Balaban J connectivity index is 2.29. The summed E-state index contributed by atoms with van der Waals surface area (Å²) < 4.78 is 6.82. The van der Waals surface area contributed by atoms with Gasteiger partial charge in [-0.1, -0.05) is 41.6 Å². The van der Waals surface area contributed by atoms with E-state index in [2.05, 4.69) is 53.8 Å². The largest absolute Gasteiger partial charge is 0.494 e. The van der Waals surface area contributed by atoms with Crippen molar-refractivity contribution >= 4 is 22.6 Å². The van der Waals surface area contributed by atoms with Gasteiger partial charge in [-0.2, -0.15) is 0 Å². The lowest BCUT2D eigenvalue weighted by molar-refractivity contribution is 0.310. The van der Waals surface area contributed by atoms with Crippen LogP contribution in [0.1, 0.15) is 25.3 Å². The molecule has 0 aliphatic heterocycles. The van der Waals surface area contributed by atoms with Crippen molar-refractivity contribution in [1.29, 1.82) is 0 Å². The zero-order chi connectivity index (χ0) is 10.2. The second-order valence-electron chi connectivity index (χ2n) is 3.24. The van der Waals surface area contributed by atoms with Gasteiger partial charge in [-0.3, -0.25) is 0 Å². The van der Waals surface area contributed by atoms with Crippen LogP contribution >= 0.6 is 22.6 Å². The summed E-state index contributed by atoms with van der Waals surface area (Å²) in [5.41, 5.74) is 1.37. The molecule has 1 aromatic carbocycles. The monoisotopic (exact) mass is 304 g/mol. The lowest BCUT2D eigenvalue weighted by atomic mass is 10.2. The van der Waals surface area contributed by atoms with Crippen LogP contribution in [-0.2, 0) is 6.42 Å². The van der Waals surface area contributed by atoms with Gasteiger partial charge in [-0.25, -0.2) is 0 Å². The minimum atomic E-state index is 0.842. The standard InChI is InChI=1S/C12H17IO/c1-2-11-5-7-12(8-6-11)14-10-4-3-9-13/h5-8H,2-4,9-10H2,1H3. The van der Waals surface area contributed by atoms with E-state index < -0.39 is 0 Å². The van der Waals surface area contributed by atoms with Gasteiger partial charge in [0.2, 0.25) is 0 Å². The SMILES string of the molecule is CCc1ccc(OCCCCI)cc1. The van der Waals surface area contributed by atoms with E-state index in [0.717, 1.165) is 25.2 Å². The van der Waals surface area contributed by atoms with Gasteiger partial charge in [0.05, 0.1) is 6.61 Å². The average molecular weight is 304 g/mol. The molecular formula is C12H17IO. The Morgan fingerprint density at radius 3 is 2.43 bits per heavy atom. The normalized spacial score (nSPS) is 10.1. The Morgan fingerprint density at radius 1 is 1.14 bits per heavy atom. The van der Waals surface area contributed by atoms with Crippen molar-refractivity contribution in [3.63, 3.8) is 0 Å². The number of unbranched alkanes of at least 4 members (excludes halogenated alkanes) is 1. The van der Waals surface area contributed by atoms with Crippen LogP contribution in [-0.4, -0.2) is 11.0 Å². The summed E-state index contributed by atoms with van der Waals surface area (Å²) >= 11 is 2.40. The molecule has 0 N–H and O–H groups in total. The van der Waals surface area contributed by atoms with Crippen molar-refractivity contribution in [3.8, 4) is 5.75 Å². The Bertz CT molecular complexity index is 243. The Kier molecular flexibility index (Phi) is 5.99. The summed E-state index contributed by atoms with van der Waals surface area (Å²) in [4.78, 5) is 0. The summed E-state index contributed by atoms with van der Waals surface area (Å²) in [5.74, 6) is 0.996. The third-order valence-electron chi connectivity index (χ3n) is 2.13. The number of hydrogen-bond acceptors (Lipinski definition) is 1. The van der Waals surface area contributed by atoms with Gasteiger partial charge >= 0.3 is 0 Å². The number of rotatable bonds is 6. The van der Waals surface area contributed by atoms with E-state index >= 15 is 0 Å². The molecule has 0 saturated heterocycles. The third-order valence-corrected chi connectivity index (χ3v) is 2.89. The third kappa shape index (κ3) is 4.31. The molecule has 0 aromatic heterocycles. The highest BCUT2D eigenvalue weighted by Crippen LogP contribution is 2.12. The molecule has 0 bridgehead atoms. The first-order valence-electron chi connectivity index (χ1n) is 5.14. The van der Waals surface area contributed by atoms with Crippen LogP contribution in [0.3, 0.4) is 0 Å². The van der Waals surface area contributed by atoms with E-state index in [9.17, 15) is 0 Å². The van der Waals surface area contributed by atoms with E-state index in [1.54, 1.807) is 0 Å². The first-order chi connectivity index (χ1) is 6.86. The first kappa shape index (κ1) is 11.8. The predicted octanol–water partition coefficient (Wildman–Crippen LogP) is 3.84. The fraction of sp³-hybridized carbons (Fsp3) is 0.500. The lowest BCUT2D eigenvalue weighted by Crippen LogP contribution is -1.97. The molecule has 1 rings (SSSR count). The zero-order valence-electron chi connectivity index (χ0n) is 8.63. The van der Waals surface area contributed by atoms with E-state index in [-0.39, 0.29) is 0 Å². The van der Waals surface area contributed by atoms with Crippen molar-refractivity contribution in [2.24, 2.45) is 0 Å². The highest BCUT2D eigenvalue weighted by Gasteiger charge is 1.93. The van der Waals surface area contributed by atoms with Gasteiger partial charge in [0.1, 0.15) is 5.75 Å². The van der Waals surface area contributed by atoms with E-state index in [1.807, 2.05) is 0 Å². The van der Waals surface area contributed by atoms with Gasteiger partial charge in [0.25, 0.3) is 0 Å². The quantitative estimate of drug-likeness (QED) is 0.441. The first-order valence-corrected chi connectivity index (χ1v) is 6.67. The van der Waals surface area contributed by atoms with Crippen molar-refractivity contribution in [2.75, 3.05) is 11.0 Å². The van der Waals surface area contributed by atoms with E-state index in [4.69, 9.17) is 4.74 Å². The topological polar surface area (TPSA) is 9.23 Å². The molecule has 0 atom stereocenters. The van der Waals surface area contributed by atoms with Gasteiger partial charge in [0.15, 0.2) is 0 Å². The molecule has 14 heavy (non-hydrogen) atoms. The van der Waals surface area contributed by atoms with Crippen LogP contribution in [0.5, 0.6) is 5.75 Å². The summed E-state index contributed by atoms with van der Waals surface area (Å²) in [6.45, 7) is 3.00. The maximum absolute atomic E-state index is 5.60. The fourth-order valence-corrected chi connectivity index (χ4v) is 1.75. The lowest BCUT2D eigenvalue weighted by Gasteiger charge is -2.05. The highest BCUT2D eigenvalue weighted by molar-refractivity contribution is 14.1. The summed E-state index contributed by atoms with van der Waals surface area (Å²) in [6, 6.07) is 8.38. The number of benzene rings is 1. The molecule has 0 radical (unpaired) electrons. The zero-order valence-corrected chi connectivity index (χ0v) is 10.8.